The van der Waals surface area contributed by atoms with Crippen molar-refractivity contribution in [1.82, 2.24) is 5.32 Å². The van der Waals surface area contributed by atoms with Crippen LogP contribution in [-0.4, -0.2) is 29.2 Å². The fourth-order valence-corrected chi connectivity index (χ4v) is 0.960. The van der Waals surface area contributed by atoms with E-state index in [9.17, 15) is 9.59 Å². The minimum absolute atomic E-state index is 0.0729. The number of hydrogen-bond donors (Lipinski definition) is 4. The maximum Gasteiger partial charge on any atom is 0.326 e. The fraction of sp³-hybridized carbons (Fsp3) is 0.750. The Morgan fingerprint density at radius 1 is 1.36 bits per heavy atom. The SMILES string of the molecule is CC(C)[C@H](NC(=O)CC(N)N)C(=O)O. The first-order valence-electron chi connectivity index (χ1n) is 4.38. The summed E-state index contributed by atoms with van der Waals surface area (Å²) in [4.78, 5) is 21.8. The highest BCUT2D eigenvalue weighted by atomic mass is 16.4. The summed E-state index contributed by atoms with van der Waals surface area (Å²) in [5.74, 6) is -1.68. The van der Waals surface area contributed by atoms with Crippen LogP contribution in [0.5, 0.6) is 0 Å². The molecule has 6 heteroatoms. The lowest BCUT2D eigenvalue weighted by molar-refractivity contribution is -0.143. The average molecular weight is 203 g/mol. The number of rotatable bonds is 5. The number of nitrogens with one attached hydrogen (secondary N) is 1. The summed E-state index contributed by atoms with van der Waals surface area (Å²) >= 11 is 0. The Labute approximate surface area is 82.6 Å². The van der Waals surface area contributed by atoms with Crippen LogP contribution >= 0.6 is 0 Å². The van der Waals surface area contributed by atoms with Gasteiger partial charge in [-0.3, -0.25) is 4.79 Å². The molecule has 0 fully saturated rings. The van der Waals surface area contributed by atoms with E-state index in [0.29, 0.717) is 0 Å². The predicted molar refractivity (Wildman–Crippen MR) is 51.2 cm³/mol. The van der Waals surface area contributed by atoms with E-state index in [1.54, 1.807) is 13.8 Å². The van der Waals surface area contributed by atoms with Gasteiger partial charge in [0, 0.05) is 0 Å². The number of aliphatic carboxylic acids is 1. The van der Waals surface area contributed by atoms with Gasteiger partial charge in [0.15, 0.2) is 0 Å². The molecule has 0 aromatic rings. The van der Waals surface area contributed by atoms with Crippen molar-refractivity contribution in [2.45, 2.75) is 32.5 Å². The Bertz CT molecular complexity index is 216. The largest absolute Gasteiger partial charge is 0.480 e. The van der Waals surface area contributed by atoms with Crippen molar-refractivity contribution in [1.29, 1.82) is 0 Å². The molecule has 0 aliphatic heterocycles. The standard InChI is InChI=1S/C8H17N3O3/c1-4(2)7(8(13)14)11-6(12)3-5(9)10/h4-5,7H,3,9-10H2,1-2H3,(H,11,12)(H,13,14)/t7-/m0/s1. The summed E-state index contributed by atoms with van der Waals surface area (Å²) in [5.41, 5.74) is 10.4. The molecule has 0 radical (unpaired) electrons. The van der Waals surface area contributed by atoms with E-state index in [4.69, 9.17) is 16.6 Å². The third-order valence-electron chi connectivity index (χ3n) is 1.67. The molecule has 0 unspecified atom stereocenters. The van der Waals surface area contributed by atoms with Crippen molar-refractivity contribution < 1.29 is 14.7 Å². The lowest BCUT2D eigenvalue weighted by Crippen LogP contribution is -2.47. The summed E-state index contributed by atoms with van der Waals surface area (Å²) in [5, 5.41) is 11.1. The molecule has 0 heterocycles. The van der Waals surface area contributed by atoms with Gasteiger partial charge in [0.2, 0.25) is 5.91 Å². The van der Waals surface area contributed by atoms with Crippen molar-refractivity contribution >= 4 is 11.9 Å². The van der Waals surface area contributed by atoms with Crippen molar-refractivity contribution in [2.75, 3.05) is 0 Å². The molecule has 0 saturated carbocycles. The Morgan fingerprint density at radius 2 is 1.86 bits per heavy atom. The molecule has 1 atom stereocenters. The van der Waals surface area contributed by atoms with Crippen LogP contribution in [0.1, 0.15) is 20.3 Å². The molecule has 0 bridgehead atoms. The molecule has 0 saturated heterocycles. The average Bonchev–Trinajstić information content (AvgIpc) is 1.97. The summed E-state index contributed by atoms with van der Waals surface area (Å²) in [6.45, 7) is 3.42. The monoisotopic (exact) mass is 203 g/mol. The third kappa shape index (κ3) is 4.78. The molecule has 6 N–H and O–H groups in total. The second-order valence-corrected chi connectivity index (χ2v) is 3.50. The van der Waals surface area contributed by atoms with Gasteiger partial charge in [0.25, 0.3) is 0 Å². The van der Waals surface area contributed by atoms with Gasteiger partial charge in [-0.05, 0) is 5.92 Å². The Hall–Kier alpha value is -1.14. The predicted octanol–water partition coefficient (Wildman–Crippen LogP) is -1.15. The van der Waals surface area contributed by atoms with E-state index in [0.717, 1.165) is 0 Å². The summed E-state index contributed by atoms with van der Waals surface area (Å²) in [6.07, 6.45) is -0.826. The van der Waals surface area contributed by atoms with Crippen molar-refractivity contribution in [3.05, 3.63) is 0 Å². The van der Waals surface area contributed by atoms with E-state index in [-0.39, 0.29) is 12.3 Å². The van der Waals surface area contributed by atoms with Gasteiger partial charge < -0.3 is 21.9 Å². The zero-order chi connectivity index (χ0) is 11.3. The highest BCUT2D eigenvalue weighted by Crippen LogP contribution is 2.01. The number of carbonyl (C=O) groups is 2. The number of carbonyl (C=O) groups excluding carboxylic acids is 1. The van der Waals surface area contributed by atoms with Crippen molar-refractivity contribution in [3.63, 3.8) is 0 Å². The Balaban J connectivity index is 4.17. The minimum Gasteiger partial charge on any atom is -0.480 e. The molecule has 0 aromatic carbocycles. The molecule has 0 aromatic heterocycles. The van der Waals surface area contributed by atoms with E-state index in [1.165, 1.54) is 0 Å². The summed E-state index contributed by atoms with van der Waals surface area (Å²) in [6, 6.07) is -0.888. The molecule has 1 amide bonds. The molecule has 0 aliphatic carbocycles. The van der Waals surface area contributed by atoms with E-state index in [2.05, 4.69) is 5.32 Å². The lowest BCUT2D eigenvalue weighted by atomic mass is 10.0. The normalized spacial score (nSPS) is 13.0. The molecule has 0 aliphatic rings. The fourth-order valence-electron chi connectivity index (χ4n) is 0.960. The van der Waals surface area contributed by atoms with Gasteiger partial charge in [0.1, 0.15) is 6.04 Å². The molecule has 14 heavy (non-hydrogen) atoms. The Kier molecular flexibility index (Phi) is 5.11. The van der Waals surface area contributed by atoms with E-state index in [1.807, 2.05) is 0 Å². The zero-order valence-electron chi connectivity index (χ0n) is 8.36. The van der Waals surface area contributed by atoms with Crippen LogP contribution in [-0.2, 0) is 9.59 Å². The van der Waals surface area contributed by atoms with Crippen molar-refractivity contribution in [2.24, 2.45) is 17.4 Å². The minimum atomic E-state index is -1.06. The zero-order valence-corrected chi connectivity index (χ0v) is 8.36. The lowest BCUT2D eigenvalue weighted by Gasteiger charge is -2.18. The first-order valence-corrected chi connectivity index (χ1v) is 4.38. The van der Waals surface area contributed by atoms with E-state index >= 15 is 0 Å². The van der Waals surface area contributed by atoms with Crippen LogP contribution in [0.2, 0.25) is 0 Å². The number of amides is 1. The van der Waals surface area contributed by atoms with E-state index < -0.39 is 24.1 Å². The smallest absolute Gasteiger partial charge is 0.326 e. The van der Waals surface area contributed by atoms with Crippen LogP contribution in [0.25, 0.3) is 0 Å². The van der Waals surface area contributed by atoms with Gasteiger partial charge >= 0.3 is 5.97 Å². The second-order valence-electron chi connectivity index (χ2n) is 3.50. The number of nitrogens with two attached hydrogens (primary N) is 2. The number of carboxylic acids is 1. The highest BCUT2D eigenvalue weighted by Gasteiger charge is 2.23. The number of hydrogen-bond acceptors (Lipinski definition) is 4. The van der Waals surface area contributed by atoms with Gasteiger partial charge in [-0.1, -0.05) is 13.8 Å². The van der Waals surface area contributed by atoms with Gasteiger partial charge in [-0.15, -0.1) is 0 Å². The van der Waals surface area contributed by atoms with Crippen LogP contribution in [0.4, 0.5) is 0 Å². The molecule has 82 valence electrons. The molecule has 0 rings (SSSR count). The van der Waals surface area contributed by atoms with Gasteiger partial charge in [-0.2, -0.15) is 0 Å². The van der Waals surface area contributed by atoms with Crippen LogP contribution in [0.15, 0.2) is 0 Å². The third-order valence-corrected chi connectivity index (χ3v) is 1.67. The first kappa shape index (κ1) is 12.9. The molecule has 6 nitrogen and oxygen atoms in total. The quantitative estimate of drug-likeness (QED) is 0.420. The van der Waals surface area contributed by atoms with Crippen LogP contribution in [0.3, 0.4) is 0 Å². The highest BCUT2D eigenvalue weighted by molar-refractivity contribution is 5.83. The second kappa shape index (κ2) is 5.56. The summed E-state index contributed by atoms with van der Waals surface area (Å²) < 4.78 is 0. The van der Waals surface area contributed by atoms with Crippen LogP contribution in [0, 0.1) is 5.92 Å². The molecular weight excluding hydrogens is 186 g/mol. The van der Waals surface area contributed by atoms with Gasteiger partial charge in [0.05, 0.1) is 12.6 Å². The molecule has 0 spiro atoms. The number of carboxylic acid groups (broad SMARTS) is 1. The maximum atomic E-state index is 11.1. The van der Waals surface area contributed by atoms with Crippen molar-refractivity contribution in [3.8, 4) is 0 Å². The first-order chi connectivity index (χ1) is 6.34. The summed E-state index contributed by atoms with van der Waals surface area (Å²) in [7, 11) is 0. The van der Waals surface area contributed by atoms with Crippen LogP contribution < -0.4 is 16.8 Å². The van der Waals surface area contributed by atoms with Gasteiger partial charge in [-0.25, -0.2) is 4.79 Å². The Morgan fingerprint density at radius 3 is 2.14 bits per heavy atom. The molecular formula is C8H17N3O3. The maximum absolute atomic E-state index is 11.1. The topological polar surface area (TPSA) is 118 Å².